The summed E-state index contributed by atoms with van der Waals surface area (Å²) < 4.78 is 18.7. The van der Waals surface area contributed by atoms with Gasteiger partial charge in [0.2, 0.25) is 0 Å². The maximum absolute atomic E-state index is 11.0. The normalized spacial score (nSPS) is 13.9. The van der Waals surface area contributed by atoms with Gasteiger partial charge in [0.1, 0.15) is 5.75 Å². The summed E-state index contributed by atoms with van der Waals surface area (Å²) in [5.74, 6) is 0.383. The molecule has 3 unspecified atom stereocenters. The SMILES string of the molecule is CCCCCCCOC(C)Cc1ccc(O)c(CC(C)OCCCCCCC)c1CC(C)OCCCCCCC. The van der Waals surface area contributed by atoms with Gasteiger partial charge in [-0.05, 0) is 75.6 Å². The van der Waals surface area contributed by atoms with Crippen LogP contribution >= 0.6 is 0 Å². The van der Waals surface area contributed by atoms with Crippen molar-refractivity contribution in [2.24, 2.45) is 0 Å². The summed E-state index contributed by atoms with van der Waals surface area (Å²) in [6, 6.07) is 3.98. The van der Waals surface area contributed by atoms with E-state index in [1.54, 1.807) is 0 Å². The van der Waals surface area contributed by atoms with E-state index in [1.165, 1.54) is 88.2 Å². The molecule has 0 aromatic heterocycles. The molecule has 0 aliphatic rings. The Morgan fingerprint density at radius 3 is 1.30 bits per heavy atom. The Labute approximate surface area is 249 Å². The number of aromatic hydroxyl groups is 1. The number of rotatable bonds is 27. The van der Waals surface area contributed by atoms with E-state index in [2.05, 4.69) is 47.6 Å². The van der Waals surface area contributed by atoms with Gasteiger partial charge in [-0.3, -0.25) is 0 Å². The lowest BCUT2D eigenvalue weighted by molar-refractivity contribution is 0.0574. The summed E-state index contributed by atoms with van der Waals surface area (Å²) >= 11 is 0. The van der Waals surface area contributed by atoms with Crippen LogP contribution in [0.25, 0.3) is 0 Å². The first-order valence-corrected chi connectivity index (χ1v) is 17.1. The molecular formula is C36H66O4. The van der Waals surface area contributed by atoms with Crippen molar-refractivity contribution in [3.8, 4) is 5.75 Å². The summed E-state index contributed by atoms with van der Waals surface area (Å²) in [5.41, 5.74) is 3.54. The maximum Gasteiger partial charge on any atom is 0.119 e. The number of hydrogen-bond donors (Lipinski definition) is 1. The van der Waals surface area contributed by atoms with Gasteiger partial charge >= 0.3 is 0 Å². The van der Waals surface area contributed by atoms with E-state index in [0.29, 0.717) is 5.75 Å². The Bertz CT molecular complexity index is 719. The van der Waals surface area contributed by atoms with Crippen molar-refractivity contribution in [3.05, 3.63) is 28.8 Å². The second-order valence-corrected chi connectivity index (χ2v) is 12.1. The molecule has 234 valence electrons. The van der Waals surface area contributed by atoms with Gasteiger partial charge in [0, 0.05) is 26.2 Å². The molecule has 4 nitrogen and oxygen atoms in total. The molecule has 0 heterocycles. The molecule has 0 aliphatic heterocycles. The van der Waals surface area contributed by atoms with Crippen LogP contribution in [0, 0.1) is 0 Å². The zero-order chi connectivity index (χ0) is 29.4. The maximum atomic E-state index is 11.0. The Morgan fingerprint density at radius 1 is 0.500 bits per heavy atom. The van der Waals surface area contributed by atoms with Crippen molar-refractivity contribution in [2.45, 2.75) is 175 Å². The van der Waals surface area contributed by atoms with Crippen LogP contribution in [0.3, 0.4) is 0 Å². The highest BCUT2D eigenvalue weighted by Crippen LogP contribution is 2.30. The van der Waals surface area contributed by atoms with Crippen molar-refractivity contribution in [2.75, 3.05) is 19.8 Å². The summed E-state index contributed by atoms with van der Waals surface area (Å²) in [6.45, 7) is 15.7. The highest BCUT2D eigenvalue weighted by atomic mass is 16.5. The zero-order valence-corrected chi connectivity index (χ0v) is 27.4. The quantitative estimate of drug-likeness (QED) is 0.108. The average molecular weight is 563 g/mol. The van der Waals surface area contributed by atoms with Crippen LogP contribution in [-0.4, -0.2) is 43.2 Å². The van der Waals surface area contributed by atoms with E-state index in [-0.39, 0.29) is 18.3 Å². The van der Waals surface area contributed by atoms with Crippen molar-refractivity contribution in [1.82, 2.24) is 0 Å². The minimum atomic E-state index is 0.0673. The lowest BCUT2D eigenvalue weighted by Crippen LogP contribution is -2.20. The molecule has 1 aromatic rings. The predicted molar refractivity (Wildman–Crippen MR) is 172 cm³/mol. The first kappa shape index (κ1) is 36.9. The number of benzene rings is 1. The number of phenols is 1. The van der Waals surface area contributed by atoms with Crippen molar-refractivity contribution in [1.29, 1.82) is 0 Å². The third kappa shape index (κ3) is 17.7. The molecule has 0 radical (unpaired) electrons. The summed E-state index contributed by atoms with van der Waals surface area (Å²) in [4.78, 5) is 0. The van der Waals surface area contributed by atoms with Crippen molar-refractivity contribution < 1.29 is 19.3 Å². The first-order valence-electron chi connectivity index (χ1n) is 17.1. The molecule has 0 spiro atoms. The van der Waals surface area contributed by atoms with Crippen LogP contribution in [0.15, 0.2) is 12.1 Å². The smallest absolute Gasteiger partial charge is 0.119 e. The van der Waals surface area contributed by atoms with Crippen molar-refractivity contribution >= 4 is 0 Å². The van der Waals surface area contributed by atoms with Gasteiger partial charge in [0.25, 0.3) is 0 Å². The van der Waals surface area contributed by atoms with Crippen molar-refractivity contribution in [3.63, 3.8) is 0 Å². The molecule has 0 amide bonds. The summed E-state index contributed by atoms with van der Waals surface area (Å²) in [6.07, 6.45) is 21.4. The monoisotopic (exact) mass is 562 g/mol. The zero-order valence-electron chi connectivity index (χ0n) is 27.4. The first-order chi connectivity index (χ1) is 19.4. The molecule has 1 rings (SSSR count). The topological polar surface area (TPSA) is 47.9 Å². The van der Waals surface area contributed by atoms with E-state index in [9.17, 15) is 5.11 Å². The van der Waals surface area contributed by atoms with E-state index in [1.807, 2.05) is 6.07 Å². The fraction of sp³-hybridized carbons (Fsp3) is 0.833. The Hall–Kier alpha value is -1.10. The third-order valence-electron chi connectivity index (χ3n) is 7.94. The number of phenolic OH excluding ortho intramolecular Hbond substituents is 1. The van der Waals surface area contributed by atoms with Crippen LogP contribution in [0.2, 0.25) is 0 Å². The minimum absolute atomic E-state index is 0.0673. The molecule has 1 N–H and O–H groups in total. The van der Waals surface area contributed by atoms with Crippen LogP contribution in [-0.2, 0) is 33.5 Å². The molecule has 0 aliphatic carbocycles. The molecule has 3 atom stereocenters. The van der Waals surface area contributed by atoms with Crippen LogP contribution in [0.5, 0.6) is 5.75 Å². The van der Waals surface area contributed by atoms with Gasteiger partial charge in [-0.2, -0.15) is 0 Å². The van der Waals surface area contributed by atoms with Gasteiger partial charge in [-0.25, -0.2) is 0 Å². The lowest BCUT2D eigenvalue weighted by Gasteiger charge is -2.24. The molecule has 0 bridgehead atoms. The third-order valence-corrected chi connectivity index (χ3v) is 7.94. The van der Waals surface area contributed by atoms with Gasteiger partial charge < -0.3 is 19.3 Å². The Balaban J connectivity index is 2.84. The van der Waals surface area contributed by atoms with E-state index < -0.39 is 0 Å². The van der Waals surface area contributed by atoms with E-state index in [0.717, 1.165) is 63.9 Å². The van der Waals surface area contributed by atoms with Crippen LogP contribution in [0.4, 0.5) is 0 Å². The molecule has 40 heavy (non-hydrogen) atoms. The predicted octanol–water partition coefficient (Wildman–Crippen LogP) is 10.1. The summed E-state index contributed by atoms with van der Waals surface area (Å²) in [7, 11) is 0. The van der Waals surface area contributed by atoms with Crippen LogP contribution in [0.1, 0.15) is 155 Å². The second-order valence-electron chi connectivity index (χ2n) is 12.1. The van der Waals surface area contributed by atoms with Gasteiger partial charge in [-0.15, -0.1) is 0 Å². The number of unbranched alkanes of at least 4 members (excludes halogenated alkanes) is 12. The molecule has 1 aromatic carbocycles. The number of hydrogen-bond acceptors (Lipinski definition) is 4. The van der Waals surface area contributed by atoms with E-state index >= 15 is 0 Å². The lowest BCUT2D eigenvalue weighted by atomic mass is 9.90. The summed E-state index contributed by atoms with van der Waals surface area (Å²) in [5, 5.41) is 11.0. The van der Waals surface area contributed by atoms with Crippen LogP contribution < -0.4 is 0 Å². The number of ether oxygens (including phenoxy) is 3. The highest BCUT2D eigenvalue weighted by Gasteiger charge is 2.20. The molecule has 0 saturated carbocycles. The largest absolute Gasteiger partial charge is 0.508 e. The minimum Gasteiger partial charge on any atom is -0.508 e. The van der Waals surface area contributed by atoms with Gasteiger partial charge in [-0.1, -0.05) is 104 Å². The molecular weight excluding hydrogens is 496 g/mol. The van der Waals surface area contributed by atoms with E-state index in [4.69, 9.17) is 14.2 Å². The molecule has 4 heteroatoms. The Morgan fingerprint density at radius 2 is 0.875 bits per heavy atom. The Kier molecular flexibility index (Phi) is 22.6. The van der Waals surface area contributed by atoms with Gasteiger partial charge in [0.05, 0.1) is 18.3 Å². The van der Waals surface area contributed by atoms with Gasteiger partial charge in [0.15, 0.2) is 0 Å². The molecule has 0 saturated heterocycles. The second kappa shape index (κ2) is 24.5. The fourth-order valence-electron chi connectivity index (χ4n) is 5.43. The highest BCUT2D eigenvalue weighted by molar-refractivity contribution is 5.45. The molecule has 0 fully saturated rings. The standard InChI is InChI=1S/C36H66O4/c1-7-10-13-16-19-24-38-30(4)27-33-22-23-36(37)35(29-32(6)40-26-21-18-15-12-9-3)34(33)28-31(5)39-25-20-17-14-11-8-2/h22-23,30-32,37H,7-21,24-29H2,1-6H3. The average Bonchev–Trinajstić information content (AvgIpc) is 2.93. The fourth-order valence-corrected chi connectivity index (χ4v) is 5.43.